The molecule has 224 valence electrons. The van der Waals surface area contributed by atoms with E-state index in [0.29, 0.717) is 11.8 Å². The third-order valence-corrected chi connectivity index (χ3v) is 9.04. The molecule has 6 aromatic carbocycles. The van der Waals surface area contributed by atoms with Crippen LogP contribution in [-0.4, -0.2) is 14.8 Å². The lowest BCUT2D eigenvalue weighted by Gasteiger charge is -2.27. The molecule has 0 N–H and O–H groups in total. The van der Waals surface area contributed by atoms with Crippen molar-refractivity contribution in [2.24, 2.45) is 0 Å². The van der Waals surface area contributed by atoms with Crippen LogP contribution in [0.5, 0.6) is 0 Å². The van der Waals surface area contributed by atoms with Crippen LogP contribution in [-0.2, 0) is 6.42 Å². The Balaban J connectivity index is 1.17. The van der Waals surface area contributed by atoms with Crippen LogP contribution in [0.1, 0.15) is 17.7 Å². The van der Waals surface area contributed by atoms with Gasteiger partial charge in [-0.3, -0.25) is 0 Å². The van der Waals surface area contributed by atoms with E-state index in [-0.39, 0.29) is 0 Å². The van der Waals surface area contributed by atoms with Gasteiger partial charge in [-0.2, -0.15) is 0 Å². The second-order valence-electron chi connectivity index (χ2n) is 11.8. The van der Waals surface area contributed by atoms with Crippen molar-refractivity contribution in [3.05, 3.63) is 163 Å². The van der Waals surface area contributed by atoms with Gasteiger partial charge in [0.2, 0.25) is 11.8 Å². The topological polar surface area (TPSA) is 47.1 Å². The molecular weight excluding hydrogens is 576 g/mol. The second-order valence-corrected chi connectivity index (χ2v) is 11.8. The number of benzene rings is 6. The highest BCUT2D eigenvalue weighted by Gasteiger charge is 2.21. The summed E-state index contributed by atoms with van der Waals surface area (Å²) < 4.78 is 8.54. The van der Waals surface area contributed by atoms with Crippen molar-refractivity contribution in [1.29, 1.82) is 0 Å². The van der Waals surface area contributed by atoms with Gasteiger partial charge in [0.1, 0.15) is 0 Å². The summed E-state index contributed by atoms with van der Waals surface area (Å²) in [6, 6.07) is 50.8. The zero-order valence-electron chi connectivity index (χ0n) is 25.6. The van der Waals surface area contributed by atoms with Crippen LogP contribution in [0.4, 0.5) is 17.1 Å². The van der Waals surface area contributed by atoms with Crippen LogP contribution in [0.15, 0.2) is 156 Å². The highest BCUT2D eigenvalue weighted by atomic mass is 16.4. The number of hydrogen-bond acceptors (Lipinski definition) is 4. The van der Waals surface area contributed by atoms with Crippen molar-refractivity contribution in [3.63, 3.8) is 0 Å². The van der Waals surface area contributed by atoms with Gasteiger partial charge in [0, 0.05) is 49.9 Å². The predicted octanol–water partition coefficient (Wildman–Crippen LogP) is 10.9. The van der Waals surface area contributed by atoms with E-state index in [1.54, 1.807) is 0 Å². The maximum absolute atomic E-state index is 6.06. The number of nitrogens with zero attached hydrogens (tertiary/aromatic N) is 4. The van der Waals surface area contributed by atoms with Gasteiger partial charge in [-0.05, 0) is 79.6 Å². The molecule has 0 atom stereocenters. The molecule has 0 saturated heterocycles. The van der Waals surface area contributed by atoms with Crippen LogP contribution in [0.25, 0.3) is 56.3 Å². The first kappa shape index (κ1) is 27.1. The highest BCUT2D eigenvalue weighted by Crippen LogP contribution is 2.42. The lowest BCUT2D eigenvalue weighted by molar-refractivity contribution is 0.584. The van der Waals surface area contributed by atoms with E-state index in [1.165, 1.54) is 38.6 Å². The van der Waals surface area contributed by atoms with E-state index in [0.717, 1.165) is 41.0 Å². The Kier molecular flexibility index (Phi) is 6.53. The fourth-order valence-electron chi connectivity index (χ4n) is 6.91. The number of rotatable bonds is 6. The molecule has 2 aromatic heterocycles. The highest BCUT2D eigenvalue weighted by molar-refractivity contribution is 6.04. The number of para-hydroxylation sites is 2. The van der Waals surface area contributed by atoms with E-state index >= 15 is 0 Å². The molecule has 0 aliphatic heterocycles. The Morgan fingerprint density at radius 3 is 2.00 bits per heavy atom. The van der Waals surface area contributed by atoms with Gasteiger partial charge in [-0.25, -0.2) is 0 Å². The van der Waals surface area contributed by atoms with E-state index in [2.05, 4.69) is 147 Å². The maximum Gasteiger partial charge on any atom is 0.248 e. The molecule has 8 aromatic rings. The number of anilines is 3. The Hall–Kier alpha value is -6.20. The first-order chi connectivity index (χ1) is 23.3. The van der Waals surface area contributed by atoms with Crippen molar-refractivity contribution < 1.29 is 4.42 Å². The fourth-order valence-corrected chi connectivity index (χ4v) is 6.91. The molecule has 0 radical (unpaired) electrons. The van der Waals surface area contributed by atoms with Crippen LogP contribution >= 0.6 is 0 Å². The van der Waals surface area contributed by atoms with Gasteiger partial charge >= 0.3 is 0 Å². The number of aromatic nitrogens is 3. The molecule has 0 unspecified atom stereocenters. The normalized spacial score (nSPS) is 12.4. The fraction of sp³-hybridized carbons (Fsp3) is 0.0476. The monoisotopic (exact) mass is 606 g/mol. The van der Waals surface area contributed by atoms with Crippen molar-refractivity contribution >= 4 is 44.8 Å². The number of hydrogen-bond donors (Lipinski definition) is 0. The summed E-state index contributed by atoms with van der Waals surface area (Å²) in [7, 11) is 0. The van der Waals surface area contributed by atoms with Gasteiger partial charge in [-0.15, -0.1) is 10.2 Å². The first-order valence-electron chi connectivity index (χ1n) is 16.0. The summed E-state index contributed by atoms with van der Waals surface area (Å²) in [5.41, 5.74) is 10.2. The lowest BCUT2D eigenvalue weighted by atomic mass is 10.0. The molecule has 0 saturated carbocycles. The average molecular weight is 607 g/mol. The summed E-state index contributed by atoms with van der Waals surface area (Å²) in [5, 5.41) is 12.3. The molecule has 2 heterocycles. The molecule has 47 heavy (non-hydrogen) atoms. The van der Waals surface area contributed by atoms with E-state index in [4.69, 9.17) is 4.42 Å². The molecule has 0 amide bonds. The molecule has 1 aliphatic rings. The minimum absolute atomic E-state index is 0.494. The van der Waals surface area contributed by atoms with Gasteiger partial charge in [0.05, 0.1) is 16.9 Å². The van der Waals surface area contributed by atoms with Crippen molar-refractivity contribution in [1.82, 2.24) is 14.8 Å². The Bertz CT molecular complexity index is 2400. The third-order valence-electron chi connectivity index (χ3n) is 9.04. The number of fused-ring (bicyclic) bond motifs is 4. The van der Waals surface area contributed by atoms with Crippen LogP contribution < -0.4 is 4.90 Å². The summed E-state index contributed by atoms with van der Waals surface area (Å²) in [4.78, 5) is 2.32. The molecule has 0 bridgehead atoms. The summed E-state index contributed by atoms with van der Waals surface area (Å²) in [6.07, 6.45) is 6.66. The summed E-state index contributed by atoms with van der Waals surface area (Å²) in [6.45, 7) is 0. The molecule has 0 spiro atoms. The smallest absolute Gasteiger partial charge is 0.248 e. The van der Waals surface area contributed by atoms with E-state index < -0.39 is 0 Å². The molecule has 5 nitrogen and oxygen atoms in total. The summed E-state index contributed by atoms with van der Waals surface area (Å²) in [5.74, 6) is 1.00. The third kappa shape index (κ3) is 4.63. The standard InChI is InChI=1S/C42H30N4O/c1-3-13-29(14-4-1)41-43-44-42(47-41)30-25-27-32(28-26-30)45(31-15-5-2-6-16-31)37-23-11-20-36-35(37)19-12-24-40(36)46-38-21-9-7-17-33(38)34-18-8-10-22-39(34)46/h1-9,11-21,23-28H,10,22H2. The average Bonchev–Trinajstić information content (AvgIpc) is 3.77. The van der Waals surface area contributed by atoms with Crippen molar-refractivity contribution in [3.8, 4) is 28.6 Å². The summed E-state index contributed by atoms with van der Waals surface area (Å²) >= 11 is 0. The van der Waals surface area contributed by atoms with Crippen molar-refractivity contribution in [2.45, 2.75) is 12.8 Å². The largest absolute Gasteiger partial charge is 0.416 e. The van der Waals surface area contributed by atoms with E-state index in [9.17, 15) is 0 Å². The molecule has 5 heteroatoms. The molecule has 9 rings (SSSR count). The van der Waals surface area contributed by atoms with Crippen molar-refractivity contribution in [2.75, 3.05) is 4.90 Å². The van der Waals surface area contributed by atoms with Crippen LogP contribution in [0.3, 0.4) is 0 Å². The van der Waals surface area contributed by atoms with Gasteiger partial charge in [-0.1, -0.05) is 91.0 Å². The van der Waals surface area contributed by atoms with E-state index in [1.807, 2.05) is 30.3 Å². The Labute approximate surface area is 272 Å². The second kappa shape index (κ2) is 11.3. The maximum atomic E-state index is 6.06. The molecule has 1 aliphatic carbocycles. The zero-order chi connectivity index (χ0) is 31.2. The van der Waals surface area contributed by atoms with Gasteiger partial charge < -0.3 is 13.9 Å². The predicted molar refractivity (Wildman–Crippen MR) is 192 cm³/mol. The quantitative estimate of drug-likeness (QED) is 0.189. The minimum Gasteiger partial charge on any atom is -0.416 e. The van der Waals surface area contributed by atoms with Crippen LogP contribution in [0, 0.1) is 0 Å². The SMILES string of the molecule is C1=Cc2c(n(-c3cccc4c(N(c5ccccc5)c5ccc(-c6nnc(-c7ccccc7)o6)cc5)cccc34)c3ccccc23)CC1. The first-order valence-corrected chi connectivity index (χ1v) is 16.0. The molecular formula is C42H30N4O. The number of allylic oxidation sites excluding steroid dienone is 1. The van der Waals surface area contributed by atoms with Crippen LogP contribution in [0.2, 0.25) is 0 Å². The lowest BCUT2D eigenvalue weighted by Crippen LogP contribution is -2.11. The minimum atomic E-state index is 0.494. The van der Waals surface area contributed by atoms with Gasteiger partial charge in [0.15, 0.2) is 0 Å². The van der Waals surface area contributed by atoms with Gasteiger partial charge in [0.25, 0.3) is 0 Å². The Morgan fingerprint density at radius 2 is 1.19 bits per heavy atom. The zero-order valence-corrected chi connectivity index (χ0v) is 25.6. The molecule has 0 fully saturated rings. The Morgan fingerprint density at radius 1 is 0.553 bits per heavy atom.